The Morgan fingerprint density at radius 1 is 0.741 bits per heavy atom. The number of hydrogen-bond acceptors (Lipinski definition) is 0. The van der Waals surface area contributed by atoms with Crippen molar-refractivity contribution in [1.82, 2.24) is 0 Å². The lowest BCUT2D eigenvalue weighted by atomic mass is 9.83. The van der Waals surface area contributed by atoms with Crippen molar-refractivity contribution in [2.24, 2.45) is 0 Å². The van der Waals surface area contributed by atoms with Gasteiger partial charge >= 0.3 is 0 Å². The van der Waals surface area contributed by atoms with Crippen LogP contribution in [0.25, 0.3) is 10.8 Å². The van der Waals surface area contributed by atoms with Crippen LogP contribution in [-0.2, 0) is 0 Å². The lowest BCUT2D eigenvalue weighted by molar-refractivity contribution is 0.606. The quantitative estimate of drug-likeness (QED) is 0.417. The molecule has 0 N–H and O–H groups in total. The smallest absolute Gasteiger partial charge is 0.0127 e. The van der Waals surface area contributed by atoms with Crippen molar-refractivity contribution in [3.05, 3.63) is 95.1 Å². The second-order valence-electron chi connectivity index (χ2n) is 8.09. The van der Waals surface area contributed by atoms with Gasteiger partial charge < -0.3 is 0 Å². The molecule has 0 amide bonds. The standard InChI is InChI=1S/C27H30/c1-21-13-15-24(16-14-21)27(19-22-9-5-3-2-4-6-10-22)26-18-17-23-11-7-8-12-25(23)20-26/h7-9,11-18,20,27H,2-6,10,19H2,1H3/b22-9+. The molecule has 4 rings (SSSR count). The summed E-state index contributed by atoms with van der Waals surface area (Å²) in [5.74, 6) is 0.445. The summed E-state index contributed by atoms with van der Waals surface area (Å²) < 4.78 is 0. The van der Waals surface area contributed by atoms with Gasteiger partial charge in [-0.1, -0.05) is 96.8 Å². The maximum absolute atomic E-state index is 2.54. The van der Waals surface area contributed by atoms with Gasteiger partial charge in [-0.3, -0.25) is 0 Å². The van der Waals surface area contributed by atoms with Crippen molar-refractivity contribution >= 4 is 10.8 Å². The first kappa shape index (κ1) is 18.0. The molecule has 138 valence electrons. The van der Waals surface area contributed by atoms with E-state index in [1.54, 1.807) is 5.57 Å². The average Bonchev–Trinajstić information content (AvgIpc) is 2.68. The summed E-state index contributed by atoms with van der Waals surface area (Å²) in [4.78, 5) is 0. The van der Waals surface area contributed by atoms with E-state index >= 15 is 0 Å². The van der Waals surface area contributed by atoms with E-state index in [0.717, 1.165) is 6.42 Å². The summed E-state index contributed by atoms with van der Waals surface area (Å²) in [7, 11) is 0. The van der Waals surface area contributed by atoms with Crippen LogP contribution in [0.3, 0.4) is 0 Å². The molecule has 0 saturated heterocycles. The highest BCUT2D eigenvalue weighted by atomic mass is 14.2. The number of hydrogen-bond donors (Lipinski definition) is 0. The lowest BCUT2D eigenvalue weighted by Crippen LogP contribution is -2.04. The van der Waals surface area contributed by atoms with Crippen molar-refractivity contribution in [2.75, 3.05) is 0 Å². The van der Waals surface area contributed by atoms with Crippen LogP contribution in [0.4, 0.5) is 0 Å². The fourth-order valence-electron chi connectivity index (χ4n) is 4.36. The molecule has 1 atom stereocenters. The molecule has 0 aromatic heterocycles. The van der Waals surface area contributed by atoms with Crippen molar-refractivity contribution in [1.29, 1.82) is 0 Å². The SMILES string of the molecule is Cc1ccc(C(C/C2=C/CCCCCC2)c2ccc3ccccc3c2)cc1. The summed E-state index contributed by atoms with van der Waals surface area (Å²) in [6.07, 6.45) is 11.7. The zero-order valence-corrected chi connectivity index (χ0v) is 16.5. The first-order valence-electron chi connectivity index (χ1n) is 10.5. The molecule has 0 saturated carbocycles. The van der Waals surface area contributed by atoms with E-state index in [4.69, 9.17) is 0 Å². The van der Waals surface area contributed by atoms with Crippen LogP contribution in [0.15, 0.2) is 78.4 Å². The molecule has 0 aliphatic heterocycles. The Labute approximate surface area is 163 Å². The molecule has 0 heterocycles. The van der Waals surface area contributed by atoms with Crippen LogP contribution < -0.4 is 0 Å². The van der Waals surface area contributed by atoms with Gasteiger partial charge in [0.2, 0.25) is 0 Å². The molecule has 0 nitrogen and oxygen atoms in total. The normalized spacial score (nSPS) is 18.3. The molecule has 3 aromatic carbocycles. The van der Waals surface area contributed by atoms with Crippen molar-refractivity contribution in [3.8, 4) is 0 Å². The van der Waals surface area contributed by atoms with E-state index in [9.17, 15) is 0 Å². The van der Waals surface area contributed by atoms with Gasteiger partial charge in [-0.25, -0.2) is 0 Å². The topological polar surface area (TPSA) is 0 Å². The first-order chi connectivity index (χ1) is 13.3. The molecule has 0 radical (unpaired) electrons. The van der Waals surface area contributed by atoms with Gasteiger partial charge in [-0.15, -0.1) is 0 Å². The predicted molar refractivity (Wildman–Crippen MR) is 117 cm³/mol. The molecular weight excluding hydrogens is 324 g/mol. The van der Waals surface area contributed by atoms with E-state index in [2.05, 4.69) is 79.7 Å². The van der Waals surface area contributed by atoms with Crippen LogP contribution in [0.1, 0.15) is 67.6 Å². The van der Waals surface area contributed by atoms with E-state index < -0.39 is 0 Å². The fraction of sp³-hybridized carbons (Fsp3) is 0.333. The Hall–Kier alpha value is -2.34. The van der Waals surface area contributed by atoms with Gasteiger partial charge in [0, 0.05) is 5.92 Å². The highest BCUT2D eigenvalue weighted by Crippen LogP contribution is 2.35. The zero-order chi connectivity index (χ0) is 18.5. The van der Waals surface area contributed by atoms with Crippen molar-refractivity contribution < 1.29 is 0 Å². The highest BCUT2D eigenvalue weighted by Gasteiger charge is 2.17. The van der Waals surface area contributed by atoms with Crippen molar-refractivity contribution in [3.63, 3.8) is 0 Å². The largest absolute Gasteiger partial charge is 0.0853 e. The Kier molecular flexibility index (Phi) is 5.72. The van der Waals surface area contributed by atoms with Gasteiger partial charge in [0.15, 0.2) is 0 Å². The molecule has 0 spiro atoms. The summed E-state index contributed by atoms with van der Waals surface area (Å²) in [6.45, 7) is 2.17. The van der Waals surface area contributed by atoms with Gasteiger partial charge in [-0.05, 0) is 60.9 Å². The van der Waals surface area contributed by atoms with E-state index in [0.29, 0.717) is 5.92 Å². The van der Waals surface area contributed by atoms with Crippen LogP contribution in [0.2, 0.25) is 0 Å². The predicted octanol–water partition coefficient (Wildman–Crippen LogP) is 7.95. The molecule has 3 aromatic rings. The number of allylic oxidation sites excluding steroid dienone is 2. The molecule has 1 aliphatic rings. The molecule has 1 aliphatic carbocycles. The maximum atomic E-state index is 2.54. The minimum atomic E-state index is 0.445. The molecule has 27 heavy (non-hydrogen) atoms. The van der Waals surface area contributed by atoms with Crippen LogP contribution >= 0.6 is 0 Å². The molecular formula is C27H30. The minimum absolute atomic E-state index is 0.445. The molecule has 0 bridgehead atoms. The Bertz CT molecular complexity index is 914. The monoisotopic (exact) mass is 354 g/mol. The van der Waals surface area contributed by atoms with Crippen LogP contribution in [0.5, 0.6) is 0 Å². The van der Waals surface area contributed by atoms with Crippen LogP contribution in [0, 0.1) is 6.92 Å². The average molecular weight is 355 g/mol. The first-order valence-corrected chi connectivity index (χ1v) is 10.5. The van der Waals surface area contributed by atoms with E-state index in [-0.39, 0.29) is 0 Å². The molecule has 0 heteroatoms. The van der Waals surface area contributed by atoms with E-state index in [1.807, 2.05) is 0 Å². The zero-order valence-electron chi connectivity index (χ0n) is 16.5. The summed E-state index contributed by atoms with van der Waals surface area (Å²) in [5, 5.41) is 2.67. The fourth-order valence-corrected chi connectivity index (χ4v) is 4.36. The number of fused-ring (bicyclic) bond motifs is 1. The van der Waals surface area contributed by atoms with Gasteiger partial charge in [0.1, 0.15) is 0 Å². The van der Waals surface area contributed by atoms with Gasteiger partial charge in [0.05, 0.1) is 0 Å². The lowest BCUT2D eigenvalue weighted by Gasteiger charge is -2.22. The highest BCUT2D eigenvalue weighted by molar-refractivity contribution is 5.83. The number of benzene rings is 3. The minimum Gasteiger partial charge on any atom is -0.0853 e. The molecule has 0 fully saturated rings. The summed E-state index contributed by atoms with van der Waals surface area (Å²) in [5.41, 5.74) is 5.88. The molecule has 1 unspecified atom stereocenters. The van der Waals surface area contributed by atoms with Gasteiger partial charge in [0.25, 0.3) is 0 Å². The third kappa shape index (κ3) is 4.50. The van der Waals surface area contributed by atoms with Crippen molar-refractivity contribution in [2.45, 2.75) is 57.8 Å². The summed E-state index contributed by atoms with van der Waals surface area (Å²) >= 11 is 0. The number of rotatable bonds is 4. The van der Waals surface area contributed by atoms with E-state index in [1.165, 1.54) is 66.0 Å². The second-order valence-corrected chi connectivity index (χ2v) is 8.09. The third-order valence-corrected chi connectivity index (χ3v) is 6.01. The van der Waals surface area contributed by atoms with Crippen LogP contribution in [-0.4, -0.2) is 0 Å². The second kappa shape index (κ2) is 8.57. The third-order valence-electron chi connectivity index (χ3n) is 6.01. The number of aryl methyl sites for hydroxylation is 1. The Morgan fingerprint density at radius 3 is 2.33 bits per heavy atom. The Balaban J connectivity index is 1.71. The Morgan fingerprint density at radius 2 is 1.48 bits per heavy atom. The summed E-state index contributed by atoms with van der Waals surface area (Å²) in [6, 6.07) is 24.9. The van der Waals surface area contributed by atoms with Gasteiger partial charge in [-0.2, -0.15) is 0 Å². The maximum Gasteiger partial charge on any atom is 0.0127 e.